The van der Waals surface area contributed by atoms with Gasteiger partial charge in [0.1, 0.15) is 0 Å². The molecule has 0 atom stereocenters. The van der Waals surface area contributed by atoms with Crippen LogP contribution in [0.1, 0.15) is 31.7 Å². The van der Waals surface area contributed by atoms with E-state index in [4.69, 9.17) is 16.6 Å². The fourth-order valence-corrected chi connectivity index (χ4v) is 4.05. The molecule has 0 spiro atoms. The summed E-state index contributed by atoms with van der Waals surface area (Å²) < 4.78 is 26.4. The van der Waals surface area contributed by atoms with Crippen LogP contribution in [0, 0.1) is 17.6 Å². The van der Waals surface area contributed by atoms with Crippen LogP contribution in [0.15, 0.2) is 70.3 Å². The van der Waals surface area contributed by atoms with Crippen molar-refractivity contribution >= 4 is 17.3 Å². The van der Waals surface area contributed by atoms with E-state index in [1.165, 1.54) is 17.7 Å². The molecule has 1 saturated heterocycles. The Bertz CT molecular complexity index is 890. The second kappa shape index (κ2) is 10.8. The minimum Gasteiger partial charge on any atom is -0.303 e. The van der Waals surface area contributed by atoms with Gasteiger partial charge in [0, 0.05) is 17.3 Å². The van der Waals surface area contributed by atoms with Gasteiger partial charge < -0.3 is 4.90 Å². The summed E-state index contributed by atoms with van der Waals surface area (Å²) >= 11 is 6.17. The maximum Gasteiger partial charge on any atom is 0.159 e. The Morgan fingerprint density at radius 2 is 2.00 bits per heavy atom. The Labute approximate surface area is 183 Å². The first kappa shape index (κ1) is 22.6. The van der Waals surface area contributed by atoms with Gasteiger partial charge in [0.25, 0.3) is 0 Å². The van der Waals surface area contributed by atoms with E-state index in [-0.39, 0.29) is 0 Å². The van der Waals surface area contributed by atoms with Crippen molar-refractivity contribution in [2.75, 3.05) is 26.2 Å². The zero-order valence-corrected chi connectivity index (χ0v) is 18.3. The van der Waals surface area contributed by atoms with Crippen LogP contribution in [0.4, 0.5) is 8.78 Å². The summed E-state index contributed by atoms with van der Waals surface area (Å²) in [6.45, 7) is 9.78. The number of rotatable bonds is 7. The predicted octanol–water partition coefficient (Wildman–Crippen LogP) is 6.25. The summed E-state index contributed by atoms with van der Waals surface area (Å²) in [6.07, 6.45) is 11.8. The SMILES string of the molecule is C=C(CN=C(C)C1=CC(Cl)=CCC=C1)C1CCN(CCc2ccc(F)c(F)c2)CC1. The summed E-state index contributed by atoms with van der Waals surface area (Å²) in [5, 5.41) is 0.749. The van der Waals surface area contributed by atoms with Crippen molar-refractivity contribution in [3.63, 3.8) is 0 Å². The van der Waals surface area contributed by atoms with Gasteiger partial charge in [0.05, 0.1) is 6.54 Å². The van der Waals surface area contributed by atoms with Crippen LogP contribution in [0.3, 0.4) is 0 Å². The lowest BCUT2D eigenvalue weighted by Gasteiger charge is -2.32. The molecule has 5 heteroatoms. The van der Waals surface area contributed by atoms with Gasteiger partial charge in [-0.2, -0.15) is 0 Å². The second-order valence-electron chi connectivity index (χ2n) is 8.00. The molecule has 0 radical (unpaired) electrons. The molecule has 0 N–H and O–H groups in total. The minimum atomic E-state index is -0.790. The van der Waals surface area contributed by atoms with E-state index < -0.39 is 11.6 Å². The second-order valence-corrected chi connectivity index (χ2v) is 8.44. The number of likely N-dealkylation sites (tertiary alicyclic amines) is 1. The smallest absolute Gasteiger partial charge is 0.159 e. The molecule has 1 aliphatic heterocycles. The van der Waals surface area contributed by atoms with Crippen molar-refractivity contribution in [1.82, 2.24) is 4.90 Å². The molecule has 160 valence electrons. The fourth-order valence-electron chi connectivity index (χ4n) is 3.84. The molecule has 1 fully saturated rings. The predicted molar refractivity (Wildman–Crippen MR) is 122 cm³/mol. The molecule has 2 nitrogen and oxygen atoms in total. The Morgan fingerprint density at radius 1 is 1.23 bits per heavy atom. The van der Waals surface area contributed by atoms with Crippen LogP contribution in [-0.4, -0.2) is 36.8 Å². The standard InChI is InChI=1S/C25H29ClF2N2/c1-18(17-29-19(2)22-5-3-4-6-23(26)16-22)21-10-13-30(14-11-21)12-9-20-7-8-24(27)25(28)15-20/h3,5-8,15-16,21H,1,4,9-14,17H2,2H3. The Hall–Kier alpha value is -2.04. The van der Waals surface area contributed by atoms with Gasteiger partial charge in [0.2, 0.25) is 0 Å². The molecule has 3 rings (SSSR count). The first-order valence-corrected chi connectivity index (χ1v) is 10.9. The maximum absolute atomic E-state index is 13.3. The molecule has 1 aromatic rings. The van der Waals surface area contributed by atoms with E-state index in [9.17, 15) is 8.78 Å². The van der Waals surface area contributed by atoms with E-state index in [1.807, 2.05) is 19.1 Å². The molecule has 30 heavy (non-hydrogen) atoms. The van der Waals surface area contributed by atoms with Gasteiger partial charge in [-0.3, -0.25) is 4.99 Å². The first-order chi connectivity index (χ1) is 14.4. The van der Waals surface area contributed by atoms with E-state index >= 15 is 0 Å². The first-order valence-electron chi connectivity index (χ1n) is 10.5. The van der Waals surface area contributed by atoms with E-state index in [2.05, 4.69) is 23.6 Å². The van der Waals surface area contributed by atoms with Crippen molar-refractivity contribution in [1.29, 1.82) is 0 Å². The largest absolute Gasteiger partial charge is 0.303 e. The summed E-state index contributed by atoms with van der Waals surface area (Å²) in [7, 11) is 0. The van der Waals surface area contributed by atoms with Gasteiger partial charge in [-0.1, -0.05) is 48.0 Å². The van der Waals surface area contributed by atoms with Crippen LogP contribution >= 0.6 is 11.6 Å². The van der Waals surface area contributed by atoms with Crippen LogP contribution in [-0.2, 0) is 6.42 Å². The molecule has 0 saturated carbocycles. The van der Waals surface area contributed by atoms with Gasteiger partial charge in [-0.15, -0.1) is 0 Å². The lowest BCUT2D eigenvalue weighted by Crippen LogP contribution is -2.35. The molecule has 0 unspecified atom stereocenters. The topological polar surface area (TPSA) is 15.6 Å². The summed E-state index contributed by atoms with van der Waals surface area (Å²) in [6, 6.07) is 4.16. The van der Waals surface area contributed by atoms with Gasteiger partial charge >= 0.3 is 0 Å². The lowest BCUT2D eigenvalue weighted by atomic mass is 9.90. The zero-order chi connectivity index (χ0) is 21.5. The average Bonchev–Trinajstić information content (AvgIpc) is 2.97. The molecule has 0 aromatic heterocycles. The number of allylic oxidation sites excluding steroid dienone is 6. The monoisotopic (exact) mass is 430 g/mol. The summed E-state index contributed by atoms with van der Waals surface area (Å²) in [4.78, 5) is 7.13. The van der Waals surface area contributed by atoms with Gasteiger partial charge in [-0.05, 0) is 81.0 Å². The normalized spacial score (nSPS) is 18.7. The third kappa shape index (κ3) is 6.48. The number of nitrogens with zero attached hydrogens (tertiary/aromatic N) is 2. The molecule has 0 bridgehead atoms. The number of hydrogen-bond donors (Lipinski definition) is 0. The molecule has 1 aliphatic carbocycles. The number of hydrogen-bond acceptors (Lipinski definition) is 2. The van der Waals surface area contributed by atoms with Crippen LogP contribution in [0.25, 0.3) is 0 Å². The quantitative estimate of drug-likeness (QED) is 0.369. The molecular formula is C25H29ClF2N2. The average molecular weight is 431 g/mol. The third-order valence-electron chi connectivity index (χ3n) is 5.84. The van der Waals surface area contributed by atoms with E-state index in [1.54, 1.807) is 6.07 Å². The van der Waals surface area contributed by atoms with Crippen molar-refractivity contribution in [2.45, 2.75) is 32.6 Å². The molecular weight excluding hydrogens is 402 g/mol. The number of halogens is 3. The van der Waals surface area contributed by atoms with E-state index in [0.717, 1.165) is 67.2 Å². The highest BCUT2D eigenvalue weighted by atomic mass is 35.5. The zero-order valence-electron chi connectivity index (χ0n) is 17.5. The van der Waals surface area contributed by atoms with Crippen molar-refractivity contribution in [3.05, 3.63) is 82.5 Å². The van der Waals surface area contributed by atoms with Gasteiger partial charge in [-0.25, -0.2) is 8.78 Å². The lowest BCUT2D eigenvalue weighted by molar-refractivity contribution is 0.200. The van der Waals surface area contributed by atoms with Crippen LogP contribution in [0.2, 0.25) is 0 Å². The van der Waals surface area contributed by atoms with Crippen LogP contribution in [0.5, 0.6) is 0 Å². The van der Waals surface area contributed by atoms with Crippen molar-refractivity contribution in [3.8, 4) is 0 Å². The Balaban J connectivity index is 1.44. The van der Waals surface area contributed by atoms with Crippen molar-refractivity contribution in [2.24, 2.45) is 10.9 Å². The number of aliphatic imine (C=N–C) groups is 1. The summed E-state index contributed by atoms with van der Waals surface area (Å²) in [5.41, 5.74) is 4.04. The maximum atomic E-state index is 13.3. The van der Waals surface area contributed by atoms with E-state index in [0.29, 0.717) is 12.5 Å². The molecule has 2 aliphatic rings. The minimum absolute atomic E-state index is 0.475. The molecule has 1 aromatic carbocycles. The van der Waals surface area contributed by atoms with Gasteiger partial charge in [0.15, 0.2) is 11.6 Å². The van der Waals surface area contributed by atoms with Crippen molar-refractivity contribution < 1.29 is 8.78 Å². The highest BCUT2D eigenvalue weighted by molar-refractivity contribution is 6.31. The third-order valence-corrected chi connectivity index (χ3v) is 6.11. The summed E-state index contributed by atoms with van der Waals surface area (Å²) in [5.74, 6) is -1.09. The van der Waals surface area contributed by atoms with Crippen LogP contribution < -0.4 is 0 Å². The number of piperidine rings is 1. The number of benzene rings is 1. The highest BCUT2D eigenvalue weighted by Crippen LogP contribution is 2.24. The molecule has 0 amide bonds. The Kier molecular flexibility index (Phi) is 8.17. The fraction of sp³-hybridized carbons (Fsp3) is 0.400. The highest BCUT2D eigenvalue weighted by Gasteiger charge is 2.21. The molecule has 1 heterocycles. The Morgan fingerprint density at radius 3 is 2.73 bits per heavy atom.